The Balaban J connectivity index is 1.65. The lowest BCUT2D eigenvalue weighted by atomic mass is 10.2. The van der Waals surface area contributed by atoms with Crippen molar-refractivity contribution in [1.82, 2.24) is 25.1 Å². The summed E-state index contributed by atoms with van der Waals surface area (Å²) in [5, 5.41) is 21.0. The summed E-state index contributed by atoms with van der Waals surface area (Å²) in [4.78, 5) is 30.9. The molecule has 2 N–H and O–H groups in total. The maximum Gasteiger partial charge on any atom is 0.269 e. The van der Waals surface area contributed by atoms with E-state index in [9.17, 15) is 14.9 Å². The molecule has 10 nitrogen and oxygen atoms in total. The van der Waals surface area contributed by atoms with E-state index >= 15 is 0 Å². The van der Waals surface area contributed by atoms with Crippen LogP contribution in [0, 0.1) is 10.1 Å². The number of anilines is 1. The van der Waals surface area contributed by atoms with Crippen LogP contribution in [0.25, 0.3) is 5.69 Å². The first-order chi connectivity index (χ1) is 13.6. The molecule has 28 heavy (non-hydrogen) atoms. The smallest absolute Gasteiger partial charge is 0.269 e. The number of carbonyl (C=O) groups is 1. The van der Waals surface area contributed by atoms with Crippen LogP contribution in [0.5, 0.6) is 0 Å². The van der Waals surface area contributed by atoms with Crippen LogP contribution in [0.2, 0.25) is 0 Å². The van der Waals surface area contributed by atoms with Gasteiger partial charge in [-0.25, -0.2) is 9.67 Å². The number of hydrogen-bond acceptors (Lipinski definition) is 7. The maximum absolute atomic E-state index is 12.5. The standard InChI is InChI=1S/C18H19N7O3/c1-2-16-15(18(26)22-10-9-21-17-12-19-7-8-20-17)11-23-24(16)13-3-5-14(6-4-13)25(27)28/h3-8,11-12H,2,9-10H2,1H3,(H,20,21)(H,22,26). The van der Waals surface area contributed by atoms with E-state index in [4.69, 9.17) is 0 Å². The average molecular weight is 381 g/mol. The van der Waals surface area contributed by atoms with Gasteiger partial charge in [-0.15, -0.1) is 0 Å². The molecule has 0 fully saturated rings. The lowest BCUT2D eigenvalue weighted by molar-refractivity contribution is -0.384. The number of nitro benzene ring substituents is 1. The minimum absolute atomic E-state index is 0.00234. The number of aromatic nitrogens is 4. The minimum atomic E-state index is -0.457. The van der Waals surface area contributed by atoms with E-state index in [0.29, 0.717) is 36.6 Å². The number of carbonyl (C=O) groups excluding carboxylic acids is 1. The highest BCUT2D eigenvalue weighted by molar-refractivity contribution is 5.95. The zero-order chi connectivity index (χ0) is 19.9. The van der Waals surface area contributed by atoms with Gasteiger partial charge in [-0.05, 0) is 18.6 Å². The molecule has 0 saturated carbocycles. The van der Waals surface area contributed by atoms with E-state index in [2.05, 4.69) is 25.7 Å². The molecule has 3 rings (SSSR count). The molecule has 0 atom stereocenters. The van der Waals surface area contributed by atoms with Crippen LogP contribution in [0.4, 0.5) is 11.5 Å². The Kier molecular flexibility index (Phi) is 5.90. The van der Waals surface area contributed by atoms with Gasteiger partial charge >= 0.3 is 0 Å². The molecule has 0 bridgehead atoms. The normalized spacial score (nSPS) is 10.5. The van der Waals surface area contributed by atoms with Crippen molar-refractivity contribution in [2.24, 2.45) is 0 Å². The van der Waals surface area contributed by atoms with Crippen LogP contribution < -0.4 is 10.6 Å². The van der Waals surface area contributed by atoms with Crippen molar-refractivity contribution >= 4 is 17.4 Å². The molecule has 0 aliphatic carbocycles. The van der Waals surface area contributed by atoms with E-state index in [1.807, 2.05) is 6.92 Å². The molecule has 0 saturated heterocycles. The van der Waals surface area contributed by atoms with Gasteiger partial charge in [0.15, 0.2) is 0 Å². The Labute approximate surface area is 160 Å². The van der Waals surface area contributed by atoms with Crippen LogP contribution in [0.15, 0.2) is 49.1 Å². The highest BCUT2D eigenvalue weighted by Gasteiger charge is 2.17. The van der Waals surface area contributed by atoms with Crippen LogP contribution in [0.1, 0.15) is 23.0 Å². The Hall–Kier alpha value is -3.82. The number of nitro groups is 1. The second kappa shape index (κ2) is 8.71. The molecule has 0 aliphatic heterocycles. The Bertz CT molecular complexity index is 955. The first-order valence-corrected chi connectivity index (χ1v) is 8.70. The molecule has 0 aliphatic rings. The third kappa shape index (κ3) is 4.29. The van der Waals surface area contributed by atoms with Gasteiger partial charge in [0, 0.05) is 37.6 Å². The lowest BCUT2D eigenvalue weighted by Crippen LogP contribution is -2.29. The summed E-state index contributed by atoms with van der Waals surface area (Å²) in [6, 6.07) is 6.04. The molecule has 1 amide bonds. The maximum atomic E-state index is 12.5. The molecule has 0 spiro atoms. The summed E-state index contributed by atoms with van der Waals surface area (Å²) >= 11 is 0. The average Bonchev–Trinajstić information content (AvgIpc) is 3.16. The summed E-state index contributed by atoms with van der Waals surface area (Å²) in [6.45, 7) is 2.83. The SMILES string of the molecule is CCc1c(C(=O)NCCNc2cnccn2)cnn1-c1ccc([N+](=O)[O-])cc1. The predicted molar refractivity (Wildman–Crippen MR) is 102 cm³/mol. The summed E-state index contributed by atoms with van der Waals surface area (Å²) in [7, 11) is 0. The summed E-state index contributed by atoms with van der Waals surface area (Å²) < 4.78 is 1.62. The van der Waals surface area contributed by atoms with Crippen LogP contribution >= 0.6 is 0 Å². The van der Waals surface area contributed by atoms with Gasteiger partial charge in [0.2, 0.25) is 0 Å². The summed E-state index contributed by atoms with van der Waals surface area (Å²) in [5.74, 6) is 0.406. The van der Waals surface area contributed by atoms with Crippen molar-refractivity contribution in [2.45, 2.75) is 13.3 Å². The molecule has 144 valence electrons. The topological polar surface area (TPSA) is 128 Å². The third-order valence-corrected chi connectivity index (χ3v) is 4.03. The first-order valence-electron chi connectivity index (χ1n) is 8.70. The van der Waals surface area contributed by atoms with Gasteiger partial charge in [-0.2, -0.15) is 5.10 Å². The van der Waals surface area contributed by atoms with Crippen molar-refractivity contribution < 1.29 is 9.72 Å². The minimum Gasteiger partial charge on any atom is -0.367 e. The monoisotopic (exact) mass is 381 g/mol. The van der Waals surface area contributed by atoms with Gasteiger partial charge in [-0.1, -0.05) is 6.92 Å². The summed E-state index contributed by atoms with van der Waals surface area (Å²) in [6.07, 6.45) is 6.86. The molecular weight excluding hydrogens is 362 g/mol. The Morgan fingerprint density at radius 1 is 1.18 bits per heavy atom. The van der Waals surface area contributed by atoms with Gasteiger partial charge in [-0.3, -0.25) is 19.9 Å². The van der Waals surface area contributed by atoms with Crippen LogP contribution in [0.3, 0.4) is 0 Å². The number of nitrogens with zero attached hydrogens (tertiary/aromatic N) is 5. The van der Waals surface area contributed by atoms with E-state index in [0.717, 1.165) is 5.69 Å². The largest absolute Gasteiger partial charge is 0.367 e. The number of rotatable bonds is 8. The fraction of sp³-hybridized carbons (Fsp3) is 0.222. The number of amides is 1. The molecule has 2 aromatic heterocycles. The van der Waals surface area contributed by atoms with E-state index < -0.39 is 4.92 Å². The van der Waals surface area contributed by atoms with Crippen molar-refractivity contribution in [2.75, 3.05) is 18.4 Å². The molecule has 0 radical (unpaired) electrons. The van der Waals surface area contributed by atoms with Crippen LogP contribution in [-0.4, -0.2) is 43.7 Å². The number of nitrogens with one attached hydrogen (secondary N) is 2. The fourth-order valence-electron chi connectivity index (χ4n) is 2.69. The molecule has 1 aromatic carbocycles. The molecule has 10 heteroatoms. The molecule has 3 aromatic rings. The second-order valence-electron chi connectivity index (χ2n) is 5.82. The van der Waals surface area contributed by atoms with Gasteiger partial charge in [0.1, 0.15) is 5.82 Å². The molecular formula is C18H19N7O3. The number of non-ortho nitro benzene ring substituents is 1. The fourth-order valence-corrected chi connectivity index (χ4v) is 2.69. The quantitative estimate of drug-likeness (QED) is 0.347. The van der Waals surface area contributed by atoms with E-state index in [1.165, 1.54) is 18.3 Å². The van der Waals surface area contributed by atoms with E-state index in [1.54, 1.807) is 35.4 Å². The highest BCUT2D eigenvalue weighted by atomic mass is 16.6. The summed E-state index contributed by atoms with van der Waals surface area (Å²) in [5.41, 5.74) is 1.86. The van der Waals surface area contributed by atoms with E-state index in [-0.39, 0.29) is 11.6 Å². The van der Waals surface area contributed by atoms with Crippen molar-refractivity contribution in [1.29, 1.82) is 0 Å². The Morgan fingerprint density at radius 3 is 2.61 bits per heavy atom. The van der Waals surface area contributed by atoms with Gasteiger partial charge in [0.25, 0.3) is 11.6 Å². The molecule has 2 heterocycles. The zero-order valence-electron chi connectivity index (χ0n) is 15.2. The van der Waals surface area contributed by atoms with Crippen molar-refractivity contribution in [3.8, 4) is 5.69 Å². The van der Waals surface area contributed by atoms with Crippen molar-refractivity contribution in [3.05, 3.63) is 70.4 Å². The van der Waals surface area contributed by atoms with Crippen LogP contribution in [-0.2, 0) is 6.42 Å². The van der Waals surface area contributed by atoms with Gasteiger partial charge < -0.3 is 10.6 Å². The Morgan fingerprint density at radius 2 is 1.96 bits per heavy atom. The second-order valence-corrected chi connectivity index (χ2v) is 5.82. The molecule has 0 unspecified atom stereocenters. The zero-order valence-corrected chi connectivity index (χ0v) is 15.2. The lowest BCUT2D eigenvalue weighted by Gasteiger charge is -2.09. The number of benzene rings is 1. The van der Waals surface area contributed by atoms with Gasteiger partial charge in [0.05, 0.1) is 34.3 Å². The first kappa shape index (κ1) is 19.0. The number of hydrogen-bond donors (Lipinski definition) is 2. The third-order valence-electron chi connectivity index (χ3n) is 4.03. The van der Waals surface area contributed by atoms with Crippen molar-refractivity contribution in [3.63, 3.8) is 0 Å². The highest BCUT2D eigenvalue weighted by Crippen LogP contribution is 2.19. The predicted octanol–water partition coefficient (Wildman–Crippen LogP) is 1.97.